The Labute approximate surface area is 120 Å². The van der Waals surface area contributed by atoms with Crippen LogP contribution in [0.5, 0.6) is 0 Å². The van der Waals surface area contributed by atoms with Gasteiger partial charge < -0.3 is 5.32 Å². The number of aryl methyl sites for hydroxylation is 1. The van der Waals surface area contributed by atoms with Gasteiger partial charge in [-0.05, 0) is 35.7 Å². The highest BCUT2D eigenvalue weighted by atomic mass is 19.1. The molecule has 0 radical (unpaired) electrons. The predicted molar refractivity (Wildman–Crippen MR) is 83.2 cm³/mol. The molecule has 0 aromatic heterocycles. The van der Waals surface area contributed by atoms with Crippen LogP contribution in [0.1, 0.15) is 31.4 Å². The molecule has 0 fully saturated rings. The Kier molecular flexibility index (Phi) is 5.31. The van der Waals surface area contributed by atoms with E-state index in [1.807, 2.05) is 19.1 Å². The Morgan fingerprint density at radius 3 is 2.25 bits per heavy atom. The van der Waals surface area contributed by atoms with Crippen LogP contribution in [0.4, 0.5) is 4.39 Å². The molecule has 2 heteroatoms. The summed E-state index contributed by atoms with van der Waals surface area (Å²) in [5.41, 5.74) is 4.06. The third-order valence-corrected chi connectivity index (χ3v) is 3.44. The van der Waals surface area contributed by atoms with E-state index in [1.165, 1.54) is 5.56 Å². The van der Waals surface area contributed by atoms with Crippen molar-refractivity contribution in [1.29, 1.82) is 0 Å². The van der Waals surface area contributed by atoms with Gasteiger partial charge in [0.1, 0.15) is 5.82 Å². The lowest BCUT2D eigenvalue weighted by atomic mass is 10.0. The van der Waals surface area contributed by atoms with Crippen LogP contribution in [0.3, 0.4) is 0 Å². The molecule has 2 rings (SSSR count). The number of halogens is 1. The Bertz CT molecular complexity index is 546. The number of hydrogen-bond acceptors (Lipinski definition) is 1. The van der Waals surface area contributed by atoms with Gasteiger partial charge in [-0.25, -0.2) is 4.39 Å². The van der Waals surface area contributed by atoms with Gasteiger partial charge in [0.15, 0.2) is 0 Å². The maximum absolute atomic E-state index is 14.0. The predicted octanol–water partition coefficient (Wildman–Crippen LogP) is 4.55. The van der Waals surface area contributed by atoms with E-state index in [0.29, 0.717) is 6.54 Å². The zero-order chi connectivity index (χ0) is 14.4. The maximum atomic E-state index is 14.0. The molecule has 0 spiro atoms. The Morgan fingerprint density at radius 2 is 1.65 bits per heavy atom. The average molecular weight is 271 g/mol. The zero-order valence-electron chi connectivity index (χ0n) is 12.2. The minimum Gasteiger partial charge on any atom is -0.313 e. The second-order valence-corrected chi connectivity index (χ2v) is 5.03. The van der Waals surface area contributed by atoms with Crippen molar-refractivity contribution >= 4 is 0 Å². The summed E-state index contributed by atoms with van der Waals surface area (Å²) in [5.74, 6) is -0.138. The van der Waals surface area contributed by atoms with Crippen molar-refractivity contribution in [3.8, 4) is 11.1 Å². The molecule has 1 nitrogen and oxygen atoms in total. The van der Waals surface area contributed by atoms with E-state index in [-0.39, 0.29) is 5.82 Å². The third-order valence-electron chi connectivity index (χ3n) is 3.44. The molecule has 0 heterocycles. The standard InChI is InChI=1S/C18H22FN/c1-3-5-14-6-8-15(9-7-14)16-10-11-17(13-20-4-2)18(19)12-16/h6-12,20H,3-5,13H2,1-2H3. The Morgan fingerprint density at radius 1 is 0.950 bits per heavy atom. The van der Waals surface area contributed by atoms with Crippen LogP contribution < -0.4 is 5.32 Å². The van der Waals surface area contributed by atoms with Gasteiger partial charge >= 0.3 is 0 Å². The lowest BCUT2D eigenvalue weighted by Crippen LogP contribution is -2.12. The molecule has 0 bridgehead atoms. The van der Waals surface area contributed by atoms with Crippen LogP contribution >= 0.6 is 0 Å². The summed E-state index contributed by atoms with van der Waals surface area (Å²) in [6, 6.07) is 13.9. The fourth-order valence-electron chi connectivity index (χ4n) is 2.28. The largest absolute Gasteiger partial charge is 0.313 e. The number of benzene rings is 2. The van der Waals surface area contributed by atoms with Crippen LogP contribution in [-0.2, 0) is 13.0 Å². The average Bonchev–Trinajstić information content (AvgIpc) is 2.47. The summed E-state index contributed by atoms with van der Waals surface area (Å²) in [6.45, 7) is 5.62. The van der Waals surface area contributed by atoms with Crippen molar-refractivity contribution in [2.75, 3.05) is 6.54 Å². The van der Waals surface area contributed by atoms with Crippen molar-refractivity contribution in [3.05, 3.63) is 59.4 Å². The van der Waals surface area contributed by atoms with Gasteiger partial charge in [0.2, 0.25) is 0 Å². The van der Waals surface area contributed by atoms with Crippen molar-refractivity contribution < 1.29 is 4.39 Å². The lowest BCUT2D eigenvalue weighted by molar-refractivity contribution is 0.594. The minimum absolute atomic E-state index is 0.138. The van der Waals surface area contributed by atoms with E-state index in [1.54, 1.807) is 6.07 Å². The van der Waals surface area contributed by atoms with Gasteiger partial charge in [-0.15, -0.1) is 0 Å². The van der Waals surface area contributed by atoms with Crippen molar-refractivity contribution in [3.63, 3.8) is 0 Å². The number of rotatable bonds is 6. The molecule has 0 saturated carbocycles. The molecule has 0 aliphatic carbocycles. The quantitative estimate of drug-likeness (QED) is 0.812. The smallest absolute Gasteiger partial charge is 0.128 e. The molecule has 0 aliphatic rings. The van der Waals surface area contributed by atoms with Crippen molar-refractivity contribution in [1.82, 2.24) is 5.32 Å². The van der Waals surface area contributed by atoms with Gasteiger partial charge in [0.25, 0.3) is 0 Å². The fourth-order valence-corrected chi connectivity index (χ4v) is 2.28. The van der Waals surface area contributed by atoms with Crippen LogP contribution in [0.2, 0.25) is 0 Å². The summed E-state index contributed by atoms with van der Waals surface area (Å²) in [5, 5.41) is 3.15. The number of nitrogens with one attached hydrogen (secondary N) is 1. The fraction of sp³-hybridized carbons (Fsp3) is 0.333. The van der Waals surface area contributed by atoms with Crippen LogP contribution in [0.15, 0.2) is 42.5 Å². The monoisotopic (exact) mass is 271 g/mol. The van der Waals surface area contributed by atoms with Gasteiger partial charge in [0.05, 0.1) is 0 Å². The Hall–Kier alpha value is -1.67. The highest BCUT2D eigenvalue weighted by molar-refractivity contribution is 5.64. The minimum atomic E-state index is -0.138. The molecule has 0 atom stereocenters. The molecule has 106 valence electrons. The first-order chi connectivity index (χ1) is 9.74. The first-order valence-electron chi connectivity index (χ1n) is 7.33. The second kappa shape index (κ2) is 7.20. The summed E-state index contributed by atoms with van der Waals surface area (Å²) in [7, 11) is 0. The maximum Gasteiger partial charge on any atom is 0.128 e. The molecule has 0 saturated heterocycles. The van der Waals surface area contributed by atoms with Gasteiger partial charge in [-0.1, -0.05) is 56.7 Å². The van der Waals surface area contributed by atoms with Crippen molar-refractivity contribution in [2.45, 2.75) is 33.2 Å². The lowest BCUT2D eigenvalue weighted by Gasteiger charge is -2.08. The summed E-state index contributed by atoms with van der Waals surface area (Å²) in [4.78, 5) is 0. The van der Waals surface area contributed by atoms with Crippen LogP contribution in [0, 0.1) is 5.82 Å². The van der Waals surface area contributed by atoms with Crippen molar-refractivity contribution in [2.24, 2.45) is 0 Å². The molecule has 0 unspecified atom stereocenters. The van der Waals surface area contributed by atoms with E-state index in [0.717, 1.165) is 36.1 Å². The van der Waals surface area contributed by atoms with Crippen LogP contribution in [0.25, 0.3) is 11.1 Å². The van der Waals surface area contributed by atoms with E-state index in [4.69, 9.17) is 0 Å². The second-order valence-electron chi connectivity index (χ2n) is 5.03. The van der Waals surface area contributed by atoms with E-state index in [9.17, 15) is 4.39 Å². The molecule has 1 N–H and O–H groups in total. The SMILES string of the molecule is CCCc1ccc(-c2ccc(CNCC)c(F)c2)cc1. The molecular formula is C18H22FN. The molecule has 0 amide bonds. The zero-order valence-corrected chi connectivity index (χ0v) is 12.2. The Balaban J connectivity index is 2.18. The summed E-state index contributed by atoms with van der Waals surface area (Å²) < 4.78 is 14.0. The first-order valence-corrected chi connectivity index (χ1v) is 7.33. The van der Waals surface area contributed by atoms with Gasteiger partial charge in [-0.2, -0.15) is 0 Å². The van der Waals surface area contributed by atoms with E-state index < -0.39 is 0 Å². The first kappa shape index (κ1) is 14.7. The number of hydrogen-bond donors (Lipinski definition) is 1. The normalized spacial score (nSPS) is 10.8. The van der Waals surface area contributed by atoms with E-state index in [2.05, 4.69) is 36.5 Å². The van der Waals surface area contributed by atoms with Gasteiger partial charge in [0, 0.05) is 12.1 Å². The highest BCUT2D eigenvalue weighted by Crippen LogP contribution is 2.22. The van der Waals surface area contributed by atoms with Crippen LogP contribution in [-0.4, -0.2) is 6.54 Å². The molecule has 2 aromatic carbocycles. The molecular weight excluding hydrogens is 249 g/mol. The molecule has 20 heavy (non-hydrogen) atoms. The van der Waals surface area contributed by atoms with Gasteiger partial charge in [-0.3, -0.25) is 0 Å². The topological polar surface area (TPSA) is 12.0 Å². The summed E-state index contributed by atoms with van der Waals surface area (Å²) >= 11 is 0. The third kappa shape index (κ3) is 3.67. The molecule has 0 aliphatic heterocycles. The highest BCUT2D eigenvalue weighted by Gasteiger charge is 2.05. The summed E-state index contributed by atoms with van der Waals surface area (Å²) in [6.07, 6.45) is 2.24. The molecule has 2 aromatic rings. The van der Waals surface area contributed by atoms with E-state index >= 15 is 0 Å².